The minimum Gasteiger partial charge on any atom is -0.371 e. The van der Waals surface area contributed by atoms with Crippen molar-refractivity contribution in [1.29, 1.82) is 0 Å². The molecule has 1 aliphatic rings. The van der Waals surface area contributed by atoms with Gasteiger partial charge in [-0.1, -0.05) is 13.0 Å². The van der Waals surface area contributed by atoms with Crippen molar-refractivity contribution in [3.8, 4) is 0 Å². The topological polar surface area (TPSA) is 29.3 Å². The first-order chi connectivity index (χ1) is 9.04. The van der Waals surface area contributed by atoms with Crippen LogP contribution in [0.15, 0.2) is 18.2 Å². The highest BCUT2D eigenvalue weighted by atomic mass is 19.1. The van der Waals surface area contributed by atoms with Crippen molar-refractivity contribution >= 4 is 5.69 Å². The van der Waals surface area contributed by atoms with Crippen LogP contribution in [0.5, 0.6) is 0 Å². The fraction of sp³-hybridized carbons (Fsp3) is 0.625. The number of nitrogens with two attached hydrogens (primary N) is 1. The van der Waals surface area contributed by atoms with Crippen molar-refractivity contribution in [2.24, 2.45) is 11.7 Å². The molecule has 0 amide bonds. The Morgan fingerprint density at radius 3 is 2.68 bits per heavy atom. The van der Waals surface area contributed by atoms with Crippen molar-refractivity contribution in [2.45, 2.75) is 51.6 Å². The zero-order valence-electron chi connectivity index (χ0n) is 12.2. The minimum atomic E-state index is -0.128. The Morgan fingerprint density at radius 1 is 1.42 bits per heavy atom. The zero-order valence-corrected chi connectivity index (χ0v) is 12.2. The fourth-order valence-electron chi connectivity index (χ4n) is 2.60. The molecule has 106 valence electrons. The number of halogens is 1. The van der Waals surface area contributed by atoms with Crippen LogP contribution in [0, 0.1) is 11.7 Å². The summed E-state index contributed by atoms with van der Waals surface area (Å²) < 4.78 is 14.1. The van der Waals surface area contributed by atoms with E-state index in [1.165, 1.54) is 18.9 Å². The second-order valence-electron chi connectivity index (χ2n) is 5.80. The van der Waals surface area contributed by atoms with Gasteiger partial charge in [0.25, 0.3) is 0 Å². The molecular weight excluding hydrogens is 239 g/mol. The average Bonchev–Trinajstić information content (AvgIpc) is 3.23. The van der Waals surface area contributed by atoms with E-state index in [0.29, 0.717) is 12.5 Å². The van der Waals surface area contributed by atoms with Crippen LogP contribution in [-0.2, 0) is 6.42 Å². The minimum absolute atomic E-state index is 0.0280. The van der Waals surface area contributed by atoms with Gasteiger partial charge in [0.15, 0.2) is 0 Å². The monoisotopic (exact) mass is 264 g/mol. The summed E-state index contributed by atoms with van der Waals surface area (Å²) in [6.07, 6.45) is 4.07. The molecule has 1 aromatic carbocycles. The molecule has 0 spiro atoms. The second-order valence-corrected chi connectivity index (χ2v) is 5.80. The maximum absolute atomic E-state index is 14.1. The molecule has 3 heteroatoms. The Balaban J connectivity index is 2.25. The molecule has 0 saturated heterocycles. The predicted octanol–water partition coefficient (Wildman–Crippen LogP) is 3.34. The molecule has 2 unspecified atom stereocenters. The zero-order chi connectivity index (χ0) is 14.0. The summed E-state index contributed by atoms with van der Waals surface area (Å²) in [7, 11) is 2.07. The van der Waals surface area contributed by atoms with Crippen LogP contribution in [0.2, 0.25) is 0 Å². The lowest BCUT2D eigenvalue weighted by molar-refractivity contribution is 0.567. The first-order valence-corrected chi connectivity index (χ1v) is 7.30. The lowest BCUT2D eigenvalue weighted by Gasteiger charge is -2.30. The van der Waals surface area contributed by atoms with E-state index in [4.69, 9.17) is 5.73 Å². The quantitative estimate of drug-likeness (QED) is 0.854. The number of hydrogen-bond acceptors (Lipinski definition) is 2. The molecule has 19 heavy (non-hydrogen) atoms. The van der Waals surface area contributed by atoms with Gasteiger partial charge < -0.3 is 10.6 Å². The summed E-state index contributed by atoms with van der Waals surface area (Å²) in [6, 6.07) is 5.84. The maximum Gasteiger partial charge on any atom is 0.128 e. The molecule has 0 bridgehead atoms. The SMILES string of the molecule is CCC(N)Cc1c(F)cccc1N(C)C(C)C1CC1. The van der Waals surface area contributed by atoms with Gasteiger partial charge in [0.1, 0.15) is 5.82 Å². The van der Waals surface area contributed by atoms with Crippen molar-refractivity contribution in [3.05, 3.63) is 29.6 Å². The highest BCUT2D eigenvalue weighted by Gasteiger charge is 2.31. The molecule has 2 rings (SSSR count). The normalized spacial score (nSPS) is 18.2. The molecular formula is C16H25FN2. The van der Waals surface area contributed by atoms with Crippen LogP contribution in [0.3, 0.4) is 0 Å². The van der Waals surface area contributed by atoms with E-state index >= 15 is 0 Å². The van der Waals surface area contributed by atoms with E-state index in [-0.39, 0.29) is 11.9 Å². The van der Waals surface area contributed by atoms with E-state index in [1.54, 1.807) is 6.07 Å². The summed E-state index contributed by atoms with van der Waals surface area (Å²) in [5.74, 6) is 0.636. The van der Waals surface area contributed by atoms with Crippen molar-refractivity contribution in [2.75, 3.05) is 11.9 Å². The van der Waals surface area contributed by atoms with Gasteiger partial charge in [-0.2, -0.15) is 0 Å². The third-order valence-corrected chi connectivity index (χ3v) is 4.38. The summed E-state index contributed by atoms with van der Waals surface area (Å²) in [4.78, 5) is 2.22. The molecule has 2 N–H and O–H groups in total. The summed E-state index contributed by atoms with van der Waals surface area (Å²) >= 11 is 0. The molecule has 0 heterocycles. The standard InChI is InChI=1S/C16H25FN2/c1-4-13(18)10-14-15(17)6-5-7-16(14)19(3)11(2)12-8-9-12/h5-7,11-13H,4,8-10,18H2,1-3H3. The first kappa shape index (κ1) is 14.3. The van der Waals surface area contributed by atoms with Crippen LogP contribution in [0.1, 0.15) is 38.7 Å². The van der Waals surface area contributed by atoms with Crippen LogP contribution in [-0.4, -0.2) is 19.1 Å². The fourth-order valence-corrected chi connectivity index (χ4v) is 2.60. The highest BCUT2D eigenvalue weighted by Crippen LogP contribution is 2.37. The smallest absolute Gasteiger partial charge is 0.128 e. The average molecular weight is 264 g/mol. The predicted molar refractivity (Wildman–Crippen MR) is 79.0 cm³/mol. The number of anilines is 1. The summed E-state index contributed by atoms with van der Waals surface area (Å²) in [5.41, 5.74) is 7.78. The molecule has 0 radical (unpaired) electrons. The van der Waals surface area contributed by atoms with Gasteiger partial charge in [0, 0.05) is 30.4 Å². The van der Waals surface area contributed by atoms with Crippen LogP contribution < -0.4 is 10.6 Å². The first-order valence-electron chi connectivity index (χ1n) is 7.30. The molecule has 1 saturated carbocycles. The van der Waals surface area contributed by atoms with Crippen molar-refractivity contribution < 1.29 is 4.39 Å². The largest absolute Gasteiger partial charge is 0.371 e. The Hall–Kier alpha value is -1.09. The number of hydrogen-bond donors (Lipinski definition) is 1. The maximum atomic E-state index is 14.1. The molecule has 0 aromatic heterocycles. The van der Waals surface area contributed by atoms with Gasteiger partial charge in [-0.05, 0) is 50.7 Å². The van der Waals surface area contributed by atoms with Gasteiger partial charge >= 0.3 is 0 Å². The second kappa shape index (κ2) is 5.91. The number of rotatable bonds is 6. The Kier molecular flexibility index (Phi) is 4.46. The molecule has 1 aliphatic carbocycles. The van der Waals surface area contributed by atoms with Gasteiger partial charge in [-0.3, -0.25) is 0 Å². The number of nitrogens with zero attached hydrogens (tertiary/aromatic N) is 1. The lowest BCUT2D eigenvalue weighted by atomic mass is 10.0. The van der Waals surface area contributed by atoms with Crippen molar-refractivity contribution in [3.63, 3.8) is 0 Å². The third-order valence-electron chi connectivity index (χ3n) is 4.38. The van der Waals surface area contributed by atoms with Gasteiger partial charge in [0.05, 0.1) is 0 Å². The van der Waals surface area contributed by atoms with Crippen LogP contribution in [0.25, 0.3) is 0 Å². The highest BCUT2D eigenvalue weighted by molar-refractivity contribution is 5.55. The van der Waals surface area contributed by atoms with E-state index < -0.39 is 0 Å². The molecule has 2 nitrogen and oxygen atoms in total. The number of benzene rings is 1. The molecule has 1 fully saturated rings. The summed E-state index contributed by atoms with van der Waals surface area (Å²) in [5, 5.41) is 0. The van der Waals surface area contributed by atoms with E-state index in [9.17, 15) is 4.39 Å². The van der Waals surface area contributed by atoms with Gasteiger partial charge in [-0.25, -0.2) is 4.39 Å². The van der Waals surface area contributed by atoms with Crippen molar-refractivity contribution in [1.82, 2.24) is 0 Å². The summed E-state index contributed by atoms with van der Waals surface area (Å²) in [6.45, 7) is 4.27. The van der Waals surface area contributed by atoms with E-state index in [0.717, 1.165) is 23.6 Å². The Labute approximate surface area is 115 Å². The van der Waals surface area contributed by atoms with Gasteiger partial charge in [0.2, 0.25) is 0 Å². The van der Waals surface area contributed by atoms with Crippen LogP contribution >= 0.6 is 0 Å². The molecule has 1 aromatic rings. The van der Waals surface area contributed by atoms with E-state index in [1.807, 2.05) is 13.0 Å². The Bertz CT molecular complexity index is 429. The Morgan fingerprint density at radius 2 is 2.11 bits per heavy atom. The van der Waals surface area contributed by atoms with Gasteiger partial charge in [-0.15, -0.1) is 0 Å². The molecule has 2 atom stereocenters. The van der Waals surface area contributed by atoms with E-state index in [2.05, 4.69) is 18.9 Å². The molecule has 0 aliphatic heterocycles. The lowest BCUT2D eigenvalue weighted by Crippen LogP contribution is -2.32. The van der Waals surface area contributed by atoms with Crippen LogP contribution in [0.4, 0.5) is 10.1 Å². The third kappa shape index (κ3) is 3.27.